The van der Waals surface area contributed by atoms with E-state index in [1.54, 1.807) is 12.0 Å². The van der Waals surface area contributed by atoms with Crippen molar-refractivity contribution in [3.63, 3.8) is 0 Å². The number of methoxy groups -OCH3 is 1. The zero-order valence-electron chi connectivity index (χ0n) is 14.0. The molecule has 0 radical (unpaired) electrons. The Kier molecular flexibility index (Phi) is 5.78. The molecule has 1 saturated heterocycles. The SMILES string of the molecule is COc1ccccc1CCC(=O)N1CCN(C(C)=O)C[C@@H]1C(N)=O. The molecule has 1 heterocycles. The van der Waals surface area contributed by atoms with Crippen LogP contribution in [0, 0.1) is 0 Å². The van der Waals surface area contributed by atoms with Gasteiger partial charge in [-0.3, -0.25) is 14.4 Å². The summed E-state index contributed by atoms with van der Waals surface area (Å²) >= 11 is 0. The van der Waals surface area contributed by atoms with E-state index in [4.69, 9.17) is 10.5 Å². The topological polar surface area (TPSA) is 92.9 Å². The highest BCUT2D eigenvalue weighted by atomic mass is 16.5. The molecule has 2 rings (SSSR count). The van der Waals surface area contributed by atoms with Crippen molar-refractivity contribution in [2.24, 2.45) is 5.73 Å². The van der Waals surface area contributed by atoms with Crippen LogP contribution in [0.15, 0.2) is 24.3 Å². The summed E-state index contributed by atoms with van der Waals surface area (Å²) in [5.74, 6) is -0.125. The van der Waals surface area contributed by atoms with Crippen LogP contribution in [-0.4, -0.2) is 60.3 Å². The first-order valence-electron chi connectivity index (χ1n) is 7.90. The van der Waals surface area contributed by atoms with E-state index < -0.39 is 11.9 Å². The smallest absolute Gasteiger partial charge is 0.242 e. The van der Waals surface area contributed by atoms with Crippen LogP contribution in [0.3, 0.4) is 0 Å². The lowest BCUT2D eigenvalue weighted by Crippen LogP contribution is -2.60. The summed E-state index contributed by atoms with van der Waals surface area (Å²) < 4.78 is 5.28. The van der Waals surface area contributed by atoms with Gasteiger partial charge in [0, 0.05) is 26.4 Å². The fraction of sp³-hybridized carbons (Fsp3) is 0.471. The molecule has 3 amide bonds. The lowest BCUT2D eigenvalue weighted by molar-refractivity contribution is -0.146. The molecule has 24 heavy (non-hydrogen) atoms. The molecule has 0 unspecified atom stereocenters. The number of hydrogen-bond donors (Lipinski definition) is 1. The van der Waals surface area contributed by atoms with E-state index in [1.807, 2.05) is 24.3 Å². The quantitative estimate of drug-likeness (QED) is 0.831. The van der Waals surface area contributed by atoms with Gasteiger partial charge in [-0.1, -0.05) is 18.2 Å². The van der Waals surface area contributed by atoms with Crippen LogP contribution < -0.4 is 10.5 Å². The maximum Gasteiger partial charge on any atom is 0.242 e. The van der Waals surface area contributed by atoms with Gasteiger partial charge < -0.3 is 20.3 Å². The number of ether oxygens (including phenoxy) is 1. The van der Waals surface area contributed by atoms with Gasteiger partial charge >= 0.3 is 0 Å². The molecule has 0 aliphatic carbocycles. The first kappa shape index (κ1) is 17.8. The maximum atomic E-state index is 12.5. The standard InChI is InChI=1S/C17H23N3O4/c1-12(21)19-9-10-20(14(11-19)17(18)23)16(22)8-7-13-5-3-4-6-15(13)24-2/h3-6,14H,7-11H2,1-2H3,(H2,18,23)/t14-/m1/s1. The fourth-order valence-corrected chi connectivity index (χ4v) is 2.91. The number of aryl methyl sites for hydroxylation is 1. The van der Waals surface area contributed by atoms with Crippen LogP contribution in [0.5, 0.6) is 5.75 Å². The lowest BCUT2D eigenvalue weighted by Gasteiger charge is -2.39. The third kappa shape index (κ3) is 4.04. The summed E-state index contributed by atoms with van der Waals surface area (Å²) in [7, 11) is 1.59. The molecule has 1 atom stereocenters. The van der Waals surface area contributed by atoms with Crippen molar-refractivity contribution < 1.29 is 19.1 Å². The minimum atomic E-state index is -0.771. The van der Waals surface area contributed by atoms with Crippen molar-refractivity contribution in [2.75, 3.05) is 26.7 Å². The number of carbonyl (C=O) groups is 3. The van der Waals surface area contributed by atoms with Gasteiger partial charge in [0.2, 0.25) is 17.7 Å². The highest BCUT2D eigenvalue weighted by Gasteiger charge is 2.34. The minimum Gasteiger partial charge on any atom is -0.496 e. The Hall–Kier alpha value is -2.57. The molecule has 1 aromatic rings. The summed E-state index contributed by atoms with van der Waals surface area (Å²) in [5.41, 5.74) is 6.36. The number of rotatable bonds is 5. The predicted octanol–water partition coefficient (Wildman–Crippen LogP) is 0.172. The summed E-state index contributed by atoms with van der Waals surface area (Å²) in [4.78, 5) is 38.7. The van der Waals surface area contributed by atoms with Gasteiger partial charge in [0.1, 0.15) is 11.8 Å². The third-order valence-electron chi connectivity index (χ3n) is 4.28. The number of hydrogen-bond acceptors (Lipinski definition) is 4. The summed E-state index contributed by atoms with van der Waals surface area (Å²) in [6.45, 7) is 2.33. The van der Waals surface area contributed by atoms with E-state index in [9.17, 15) is 14.4 Å². The van der Waals surface area contributed by atoms with Crippen LogP contribution in [0.25, 0.3) is 0 Å². The van der Waals surface area contributed by atoms with E-state index in [0.717, 1.165) is 11.3 Å². The van der Waals surface area contributed by atoms with E-state index in [0.29, 0.717) is 19.5 Å². The summed E-state index contributed by atoms with van der Waals surface area (Å²) in [6, 6.07) is 6.74. The number of piperazine rings is 1. The highest BCUT2D eigenvalue weighted by molar-refractivity contribution is 5.88. The molecule has 0 spiro atoms. The van der Waals surface area contributed by atoms with Gasteiger partial charge in [-0.2, -0.15) is 0 Å². The van der Waals surface area contributed by atoms with Crippen molar-refractivity contribution in [1.82, 2.24) is 9.80 Å². The van der Waals surface area contributed by atoms with Gasteiger partial charge in [0.05, 0.1) is 13.7 Å². The van der Waals surface area contributed by atoms with Gasteiger partial charge in [-0.05, 0) is 18.1 Å². The molecule has 2 N–H and O–H groups in total. The Balaban J connectivity index is 2.02. The Bertz CT molecular complexity index is 632. The second-order valence-electron chi connectivity index (χ2n) is 5.78. The minimum absolute atomic E-state index is 0.123. The molecular weight excluding hydrogens is 310 g/mol. The number of para-hydroxylation sites is 1. The van der Waals surface area contributed by atoms with Crippen molar-refractivity contribution in [1.29, 1.82) is 0 Å². The molecule has 1 aliphatic rings. The number of nitrogens with two attached hydrogens (primary N) is 1. The molecular formula is C17H23N3O4. The van der Waals surface area contributed by atoms with Gasteiger partial charge in [0.15, 0.2) is 0 Å². The molecule has 1 aliphatic heterocycles. The lowest BCUT2D eigenvalue weighted by atomic mass is 10.1. The van der Waals surface area contributed by atoms with Crippen molar-refractivity contribution >= 4 is 17.7 Å². The Labute approximate surface area is 141 Å². The molecule has 1 fully saturated rings. The Morgan fingerprint density at radius 2 is 1.96 bits per heavy atom. The van der Waals surface area contributed by atoms with E-state index >= 15 is 0 Å². The monoisotopic (exact) mass is 333 g/mol. The highest BCUT2D eigenvalue weighted by Crippen LogP contribution is 2.20. The zero-order chi connectivity index (χ0) is 17.7. The molecule has 0 aromatic heterocycles. The molecule has 130 valence electrons. The third-order valence-corrected chi connectivity index (χ3v) is 4.28. The first-order valence-corrected chi connectivity index (χ1v) is 7.90. The second kappa shape index (κ2) is 7.81. The average Bonchev–Trinajstić information content (AvgIpc) is 2.59. The average molecular weight is 333 g/mol. The second-order valence-corrected chi connectivity index (χ2v) is 5.78. The van der Waals surface area contributed by atoms with E-state index in [2.05, 4.69) is 0 Å². The molecule has 7 nitrogen and oxygen atoms in total. The summed E-state index contributed by atoms with van der Waals surface area (Å²) in [5, 5.41) is 0. The van der Waals surface area contributed by atoms with Crippen molar-refractivity contribution in [3.05, 3.63) is 29.8 Å². The van der Waals surface area contributed by atoms with Gasteiger partial charge in [-0.15, -0.1) is 0 Å². The van der Waals surface area contributed by atoms with Crippen LogP contribution in [-0.2, 0) is 20.8 Å². The largest absolute Gasteiger partial charge is 0.496 e. The number of benzene rings is 1. The van der Waals surface area contributed by atoms with Crippen LogP contribution in [0.2, 0.25) is 0 Å². The first-order chi connectivity index (χ1) is 11.4. The van der Waals surface area contributed by atoms with Gasteiger partial charge in [0.25, 0.3) is 0 Å². The van der Waals surface area contributed by atoms with Crippen molar-refractivity contribution in [2.45, 2.75) is 25.8 Å². The fourth-order valence-electron chi connectivity index (χ4n) is 2.91. The number of nitrogens with zero attached hydrogens (tertiary/aromatic N) is 2. The van der Waals surface area contributed by atoms with Crippen LogP contribution >= 0.6 is 0 Å². The van der Waals surface area contributed by atoms with Crippen LogP contribution in [0.1, 0.15) is 18.9 Å². The van der Waals surface area contributed by atoms with E-state index in [1.165, 1.54) is 11.8 Å². The number of carbonyl (C=O) groups excluding carboxylic acids is 3. The maximum absolute atomic E-state index is 12.5. The number of primary amides is 1. The zero-order valence-corrected chi connectivity index (χ0v) is 14.0. The Morgan fingerprint density at radius 3 is 2.58 bits per heavy atom. The van der Waals surface area contributed by atoms with E-state index in [-0.39, 0.29) is 24.8 Å². The van der Waals surface area contributed by atoms with Crippen molar-refractivity contribution in [3.8, 4) is 5.75 Å². The predicted molar refractivity (Wildman–Crippen MR) is 88.3 cm³/mol. The molecule has 0 saturated carbocycles. The molecule has 7 heteroatoms. The summed E-state index contributed by atoms with van der Waals surface area (Å²) in [6.07, 6.45) is 0.769. The number of amides is 3. The van der Waals surface area contributed by atoms with Gasteiger partial charge in [-0.25, -0.2) is 0 Å². The molecule has 1 aromatic carbocycles. The Morgan fingerprint density at radius 1 is 1.25 bits per heavy atom. The molecule has 0 bridgehead atoms. The van der Waals surface area contributed by atoms with Crippen LogP contribution in [0.4, 0.5) is 0 Å². The normalized spacial score (nSPS) is 17.5.